The molecule has 5 rings (SSSR count). The van der Waals surface area contributed by atoms with E-state index in [9.17, 15) is 9.90 Å². The first-order valence-corrected chi connectivity index (χ1v) is 10.9. The van der Waals surface area contributed by atoms with Crippen LogP contribution in [0.5, 0.6) is 0 Å². The molecule has 0 unspecified atom stereocenters. The van der Waals surface area contributed by atoms with Crippen molar-refractivity contribution in [2.45, 2.75) is 31.3 Å². The fourth-order valence-corrected chi connectivity index (χ4v) is 4.78. The summed E-state index contributed by atoms with van der Waals surface area (Å²) < 4.78 is 5.39. The fourth-order valence-electron chi connectivity index (χ4n) is 4.78. The maximum atomic E-state index is 12.9. The van der Waals surface area contributed by atoms with E-state index in [1.54, 1.807) is 48.5 Å². The number of carbonyl (C=O) groups is 1. The molecule has 0 amide bonds. The van der Waals surface area contributed by atoms with Gasteiger partial charge in [-0.1, -0.05) is 72.5 Å². The first-order chi connectivity index (χ1) is 14.7. The second kappa shape index (κ2) is 9.47. The van der Waals surface area contributed by atoms with E-state index in [0.717, 1.165) is 24.7 Å². The Morgan fingerprint density at radius 1 is 1.00 bits per heavy atom. The Morgan fingerprint density at radius 2 is 1.60 bits per heavy atom. The van der Waals surface area contributed by atoms with Crippen LogP contribution in [0.3, 0.4) is 0 Å². The van der Waals surface area contributed by atoms with E-state index in [1.807, 2.05) is 12.1 Å². The number of benzene rings is 2. The van der Waals surface area contributed by atoms with E-state index in [1.165, 1.54) is 32.5 Å². The van der Waals surface area contributed by atoms with Crippen LogP contribution in [0.1, 0.15) is 36.8 Å². The van der Waals surface area contributed by atoms with Crippen molar-refractivity contribution >= 4 is 5.97 Å². The molecule has 0 radical (unpaired) electrons. The van der Waals surface area contributed by atoms with Crippen molar-refractivity contribution in [1.82, 2.24) is 4.90 Å². The molecule has 3 aliphatic heterocycles. The van der Waals surface area contributed by atoms with Crippen molar-refractivity contribution in [2.75, 3.05) is 26.2 Å². The van der Waals surface area contributed by atoms with E-state index in [4.69, 9.17) is 4.74 Å². The van der Waals surface area contributed by atoms with E-state index < -0.39 is 11.6 Å². The molecule has 2 aromatic carbocycles. The van der Waals surface area contributed by atoms with Crippen molar-refractivity contribution in [2.24, 2.45) is 11.8 Å². The lowest BCUT2D eigenvalue weighted by Gasteiger charge is -2.44. The number of piperidine rings is 3. The molecule has 4 heteroatoms. The van der Waals surface area contributed by atoms with E-state index in [-0.39, 0.29) is 6.61 Å². The van der Waals surface area contributed by atoms with Gasteiger partial charge in [0.25, 0.3) is 0 Å². The Bertz CT molecular complexity index is 853. The van der Waals surface area contributed by atoms with Crippen molar-refractivity contribution in [3.63, 3.8) is 0 Å². The van der Waals surface area contributed by atoms with Gasteiger partial charge in [-0.05, 0) is 55.3 Å². The predicted octanol–water partition coefficient (Wildman–Crippen LogP) is 3.59. The average Bonchev–Trinajstić information content (AvgIpc) is 2.82. The third kappa shape index (κ3) is 4.43. The number of hydrogen-bond donors (Lipinski definition) is 1. The van der Waals surface area contributed by atoms with Gasteiger partial charge in [-0.25, -0.2) is 4.79 Å². The lowest BCUT2D eigenvalue weighted by molar-refractivity contribution is -0.160. The van der Waals surface area contributed by atoms with Gasteiger partial charge in [0.1, 0.15) is 0 Å². The minimum Gasteiger partial charge on any atom is -0.450 e. The van der Waals surface area contributed by atoms with Gasteiger partial charge < -0.3 is 14.7 Å². The summed E-state index contributed by atoms with van der Waals surface area (Å²) in [5.74, 6) is 7.02. The quantitative estimate of drug-likeness (QED) is 0.592. The molecule has 1 N–H and O–H groups in total. The largest absolute Gasteiger partial charge is 0.450 e. The Morgan fingerprint density at radius 3 is 2.13 bits per heavy atom. The third-order valence-electron chi connectivity index (χ3n) is 6.51. The minimum absolute atomic E-state index is 0.0129. The normalized spacial score (nSPS) is 22.8. The van der Waals surface area contributed by atoms with Crippen LogP contribution < -0.4 is 0 Å². The summed E-state index contributed by atoms with van der Waals surface area (Å²) >= 11 is 0. The third-order valence-corrected chi connectivity index (χ3v) is 6.51. The molecule has 1 atom stereocenters. The molecular weight excluding hydrogens is 374 g/mol. The molecule has 0 spiro atoms. The highest BCUT2D eigenvalue weighted by molar-refractivity contribution is 5.85. The monoisotopic (exact) mass is 403 g/mol. The molecule has 0 aromatic heterocycles. The summed E-state index contributed by atoms with van der Waals surface area (Å²) in [5.41, 5.74) is -0.881. The Hall–Kier alpha value is -2.61. The van der Waals surface area contributed by atoms with Crippen LogP contribution in [0.15, 0.2) is 60.7 Å². The van der Waals surface area contributed by atoms with Crippen molar-refractivity contribution in [3.05, 3.63) is 71.8 Å². The second-order valence-electron chi connectivity index (χ2n) is 8.31. The van der Waals surface area contributed by atoms with Crippen LogP contribution in [-0.4, -0.2) is 42.2 Å². The average molecular weight is 404 g/mol. The number of hydrogen-bond acceptors (Lipinski definition) is 4. The summed E-state index contributed by atoms with van der Waals surface area (Å²) in [7, 11) is 0. The Labute approximate surface area is 178 Å². The molecule has 2 aromatic rings. The first kappa shape index (κ1) is 20.7. The summed E-state index contributed by atoms with van der Waals surface area (Å²) in [6.07, 6.45) is 4.59. The maximum Gasteiger partial charge on any atom is 0.348 e. The van der Waals surface area contributed by atoms with Gasteiger partial charge in [0.2, 0.25) is 5.60 Å². The molecule has 0 saturated carbocycles. The van der Waals surface area contributed by atoms with Crippen LogP contribution in [0.2, 0.25) is 0 Å². The smallest absolute Gasteiger partial charge is 0.348 e. The molecule has 156 valence electrons. The topological polar surface area (TPSA) is 49.8 Å². The molecule has 4 nitrogen and oxygen atoms in total. The summed E-state index contributed by atoms with van der Waals surface area (Å²) in [6.45, 7) is 3.71. The molecule has 0 aliphatic carbocycles. The number of nitrogens with zero attached hydrogens (tertiary/aromatic N) is 1. The summed E-state index contributed by atoms with van der Waals surface area (Å²) in [6, 6.07) is 17.8. The highest BCUT2D eigenvalue weighted by Crippen LogP contribution is 2.34. The minimum atomic E-state index is -1.85. The summed E-state index contributed by atoms with van der Waals surface area (Å²) in [5, 5.41) is 11.3. The maximum absolute atomic E-state index is 12.9. The van der Waals surface area contributed by atoms with Gasteiger partial charge in [0, 0.05) is 13.0 Å². The number of rotatable bonds is 6. The number of ether oxygens (including phenoxy) is 1. The van der Waals surface area contributed by atoms with Crippen LogP contribution >= 0.6 is 0 Å². The lowest BCUT2D eigenvalue weighted by atomic mass is 9.77. The van der Waals surface area contributed by atoms with Crippen LogP contribution in [-0.2, 0) is 15.1 Å². The molecule has 2 bridgehead atoms. The van der Waals surface area contributed by atoms with Gasteiger partial charge >= 0.3 is 5.97 Å². The van der Waals surface area contributed by atoms with E-state index in [0.29, 0.717) is 11.1 Å². The van der Waals surface area contributed by atoms with Crippen molar-refractivity contribution < 1.29 is 14.6 Å². The van der Waals surface area contributed by atoms with Gasteiger partial charge in [0.05, 0.1) is 0 Å². The first-order valence-electron chi connectivity index (χ1n) is 10.9. The molecule has 3 fully saturated rings. The Balaban J connectivity index is 1.34. The SMILES string of the molecule is O=C(OCC#CCC[C@H]1CN2CCC1CC2)C(O)(c1ccccc1)c1ccccc1. The van der Waals surface area contributed by atoms with E-state index >= 15 is 0 Å². The zero-order valence-corrected chi connectivity index (χ0v) is 17.3. The van der Waals surface area contributed by atoms with Gasteiger partial charge in [-0.2, -0.15) is 0 Å². The van der Waals surface area contributed by atoms with E-state index in [2.05, 4.69) is 16.7 Å². The molecule has 3 saturated heterocycles. The number of esters is 1. The van der Waals surface area contributed by atoms with Crippen LogP contribution in [0.4, 0.5) is 0 Å². The van der Waals surface area contributed by atoms with Crippen LogP contribution in [0.25, 0.3) is 0 Å². The zero-order chi connectivity index (χ0) is 20.8. The standard InChI is InChI=1S/C26H29NO3/c28-25(26(29,23-11-5-1-6-12-23)24-13-7-2-8-14-24)30-19-9-3-4-10-22-20-27-17-15-21(22)16-18-27/h1-2,5-8,11-14,21-22,29H,4,10,15-20H2/t22-/m0/s1. The van der Waals surface area contributed by atoms with Crippen LogP contribution in [0, 0.1) is 23.7 Å². The van der Waals surface area contributed by atoms with Gasteiger partial charge in [-0.15, -0.1) is 0 Å². The highest BCUT2D eigenvalue weighted by atomic mass is 16.5. The molecule has 30 heavy (non-hydrogen) atoms. The fraction of sp³-hybridized carbons (Fsp3) is 0.423. The lowest BCUT2D eigenvalue weighted by Crippen LogP contribution is -2.47. The molecule has 3 aliphatic rings. The number of aliphatic hydroxyl groups is 1. The number of carbonyl (C=O) groups excluding carboxylic acids is 1. The van der Waals surface area contributed by atoms with Gasteiger partial charge in [0.15, 0.2) is 6.61 Å². The predicted molar refractivity (Wildman–Crippen MR) is 117 cm³/mol. The Kier molecular flexibility index (Phi) is 6.52. The van der Waals surface area contributed by atoms with Crippen molar-refractivity contribution in [3.8, 4) is 11.8 Å². The highest BCUT2D eigenvalue weighted by Gasteiger charge is 2.41. The molecule has 3 heterocycles. The zero-order valence-electron chi connectivity index (χ0n) is 17.3. The van der Waals surface area contributed by atoms with Crippen molar-refractivity contribution in [1.29, 1.82) is 0 Å². The number of fused-ring (bicyclic) bond motifs is 3. The second-order valence-corrected chi connectivity index (χ2v) is 8.31. The summed E-state index contributed by atoms with van der Waals surface area (Å²) in [4.78, 5) is 15.5. The van der Waals surface area contributed by atoms with Gasteiger partial charge in [-0.3, -0.25) is 0 Å². The molecular formula is C26H29NO3.